The van der Waals surface area contributed by atoms with Gasteiger partial charge in [0.25, 0.3) is 0 Å². The van der Waals surface area contributed by atoms with Crippen molar-refractivity contribution in [3.05, 3.63) is 29.7 Å². The summed E-state index contributed by atoms with van der Waals surface area (Å²) in [6.45, 7) is 9.00. The number of halogens is 1. The lowest BCUT2D eigenvalue weighted by molar-refractivity contribution is 0.0172. The van der Waals surface area contributed by atoms with Crippen molar-refractivity contribution in [1.82, 2.24) is 19.5 Å². The second-order valence-electron chi connectivity index (χ2n) is 8.85. The van der Waals surface area contributed by atoms with E-state index in [-0.39, 0.29) is 11.5 Å². The number of ether oxygens (including phenoxy) is 1. The lowest BCUT2D eigenvalue weighted by Crippen LogP contribution is -2.45. The summed E-state index contributed by atoms with van der Waals surface area (Å²) in [6, 6.07) is 2.70. The van der Waals surface area contributed by atoms with Gasteiger partial charge in [0.2, 0.25) is 0 Å². The lowest BCUT2D eigenvalue weighted by Gasteiger charge is -2.39. The number of likely N-dealkylation sites (tertiary alicyclic amines) is 1. The van der Waals surface area contributed by atoms with Gasteiger partial charge in [-0.2, -0.15) is 0 Å². The standard InChI is InChI=1S/C20H24BFN4O2/c1-19(2,3)28-18(27)25-7-5-20(4,6-8-25)13-11-23-26-16-14(21)9-12(22)10-15(16)24-17(13)26/h9-11,23H,5-8H2,1-4H3. The van der Waals surface area contributed by atoms with Gasteiger partial charge < -0.3 is 9.64 Å². The van der Waals surface area contributed by atoms with Gasteiger partial charge in [0.1, 0.15) is 19.3 Å². The number of aromatic nitrogens is 3. The molecule has 3 aromatic rings. The van der Waals surface area contributed by atoms with Crippen LogP contribution >= 0.6 is 0 Å². The van der Waals surface area contributed by atoms with Crippen LogP contribution in [0.4, 0.5) is 9.18 Å². The zero-order valence-electron chi connectivity index (χ0n) is 16.7. The fourth-order valence-electron chi connectivity index (χ4n) is 3.93. The van der Waals surface area contributed by atoms with E-state index in [1.807, 2.05) is 31.5 Å². The van der Waals surface area contributed by atoms with E-state index in [1.165, 1.54) is 12.1 Å². The number of nitrogens with zero attached hydrogens (tertiary/aromatic N) is 3. The number of rotatable bonds is 1. The van der Waals surface area contributed by atoms with Crippen molar-refractivity contribution in [2.24, 2.45) is 0 Å². The topological polar surface area (TPSA) is 62.6 Å². The largest absolute Gasteiger partial charge is 0.444 e. The number of hydrogen-bond donors (Lipinski definition) is 1. The van der Waals surface area contributed by atoms with Crippen LogP contribution in [0.5, 0.6) is 0 Å². The fraction of sp³-hybridized carbons (Fsp3) is 0.500. The molecule has 1 amide bonds. The minimum Gasteiger partial charge on any atom is -0.444 e. The summed E-state index contributed by atoms with van der Waals surface area (Å²) in [6.07, 6.45) is 3.23. The van der Waals surface area contributed by atoms with Crippen molar-refractivity contribution in [2.75, 3.05) is 13.1 Å². The van der Waals surface area contributed by atoms with Crippen molar-refractivity contribution in [3.8, 4) is 0 Å². The van der Waals surface area contributed by atoms with E-state index in [4.69, 9.17) is 12.6 Å². The molecule has 6 nitrogen and oxygen atoms in total. The van der Waals surface area contributed by atoms with Gasteiger partial charge in [-0.05, 0) is 39.7 Å². The van der Waals surface area contributed by atoms with Gasteiger partial charge in [0.05, 0.1) is 11.0 Å². The zero-order valence-corrected chi connectivity index (χ0v) is 16.7. The summed E-state index contributed by atoms with van der Waals surface area (Å²) >= 11 is 0. The second-order valence-corrected chi connectivity index (χ2v) is 8.85. The number of amides is 1. The molecule has 0 spiro atoms. The molecule has 0 unspecified atom stereocenters. The number of piperidine rings is 1. The van der Waals surface area contributed by atoms with Crippen molar-refractivity contribution in [1.29, 1.82) is 0 Å². The van der Waals surface area contributed by atoms with E-state index < -0.39 is 11.4 Å². The molecule has 1 saturated heterocycles. The monoisotopic (exact) mass is 382 g/mol. The third kappa shape index (κ3) is 3.14. The number of aromatic amines is 1. The van der Waals surface area contributed by atoms with Gasteiger partial charge in [-0.15, -0.1) is 0 Å². The van der Waals surface area contributed by atoms with Crippen LogP contribution in [0.3, 0.4) is 0 Å². The summed E-state index contributed by atoms with van der Waals surface area (Å²) < 4.78 is 21.0. The maximum Gasteiger partial charge on any atom is 0.410 e. The molecule has 1 aliphatic rings. The van der Waals surface area contributed by atoms with Crippen LogP contribution < -0.4 is 5.46 Å². The first kappa shape index (κ1) is 18.8. The molecule has 8 heteroatoms. The van der Waals surface area contributed by atoms with Gasteiger partial charge in [0.15, 0.2) is 5.65 Å². The molecule has 146 valence electrons. The highest BCUT2D eigenvalue weighted by molar-refractivity contribution is 6.38. The Kier molecular flexibility index (Phi) is 4.21. The van der Waals surface area contributed by atoms with E-state index in [9.17, 15) is 9.18 Å². The average molecular weight is 382 g/mol. The molecule has 0 bridgehead atoms. The summed E-state index contributed by atoms with van der Waals surface area (Å²) in [4.78, 5) is 18.7. The normalized spacial score (nSPS) is 17.4. The Morgan fingerprint density at radius 2 is 2.00 bits per heavy atom. The molecule has 1 fully saturated rings. The lowest BCUT2D eigenvalue weighted by atomic mass is 9.75. The molecule has 2 radical (unpaired) electrons. The first-order valence-electron chi connectivity index (χ1n) is 9.50. The van der Waals surface area contributed by atoms with E-state index in [1.54, 1.807) is 4.90 Å². The number of nitrogens with one attached hydrogen (secondary N) is 1. The number of fused-ring (bicyclic) bond motifs is 3. The van der Waals surface area contributed by atoms with Crippen LogP contribution in [0, 0.1) is 5.82 Å². The van der Waals surface area contributed by atoms with Crippen LogP contribution in [0.15, 0.2) is 18.3 Å². The Balaban J connectivity index is 1.62. The highest BCUT2D eigenvalue weighted by Crippen LogP contribution is 2.38. The van der Waals surface area contributed by atoms with E-state index in [0.29, 0.717) is 29.6 Å². The van der Waals surface area contributed by atoms with Crippen LogP contribution in [-0.2, 0) is 10.2 Å². The van der Waals surface area contributed by atoms with Gasteiger partial charge >= 0.3 is 6.09 Å². The van der Waals surface area contributed by atoms with Crippen molar-refractivity contribution in [3.63, 3.8) is 0 Å². The molecule has 0 aliphatic carbocycles. The third-order valence-electron chi connectivity index (χ3n) is 5.49. The Morgan fingerprint density at radius 3 is 2.64 bits per heavy atom. The highest BCUT2D eigenvalue weighted by Gasteiger charge is 2.37. The minimum absolute atomic E-state index is 0.158. The summed E-state index contributed by atoms with van der Waals surface area (Å²) in [5, 5.41) is 3.21. The van der Waals surface area contributed by atoms with Gasteiger partial charge in [-0.1, -0.05) is 12.4 Å². The highest BCUT2D eigenvalue weighted by atomic mass is 19.1. The Bertz CT molecular complexity index is 1060. The molecular formula is C20H24BFN4O2. The van der Waals surface area contributed by atoms with E-state index in [2.05, 4.69) is 17.0 Å². The first-order chi connectivity index (χ1) is 13.1. The molecule has 3 heterocycles. The smallest absolute Gasteiger partial charge is 0.410 e. The van der Waals surface area contributed by atoms with Crippen molar-refractivity contribution >= 4 is 36.1 Å². The number of carbonyl (C=O) groups is 1. The average Bonchev–Trinajstić information content (AvgIpc) is 3.12. The fourth-order valence-corrected chi connectivity index (χ4v) is 3.93. The maximum atomic E-state index is 13.7. The Hall–Kier alpha value is -2.51. The molecule has 1 N–H and O–H groups in total. The summed E-state index contributed by atoms with van der Waals surface area (Å²) in [7, 11) is 6.01. The van der Waals surface area contributed by atoms with Crippen molar-refractivity contribution < 1.29 is 13.9 Å². The molecule has 0 atom stereocenters. The second kappa shape index (κ2) is 6.25. The molecule has 28 heavy (non-hydrogen) atoms. The van der Waals surface area contributed by atoms with Crippen LogP contribution in [-0.4, -0.2) is 52.1 Å². The molecule has 2 aromatic heterocycles. The zero-order chi connectivity index (χ0) is 20.3. The van der Waals surface area contributed by atoms with Crippen molar-refractivity contribution in [2.45, 2.75) is 51.6 Å². The van der Waals surface area contributed by atoms with Gasteiger partial charge in [-0.25, -0.2) is 18.7 Å². The SMILES string of the molecule is [B]c1cc(F)cc2nc3c(C4(C)CCN(C(=O)OC(C)(C)C)CC4)c[nH]n3c12. The maximum absolute atomic E-state index is 13.7. The van der Waals surface area contributed by atoms with E-state index in [0.717, 1.165) is 24.1 Å². The number of H-pyrrole nitrogens is 1. The molecule has 1 aromatic carbocycles. The van der Waals surface area contributed by atoms with Gasteiger partial charge in [0, 0.05) is 36.3 Å². The molecular weight excluding hydrogens is 358 g/mol. The summed E-state index contributed by atoms with van der Waals surface area (Å²) in [5.74, 6) is -0.399. The number of carbonyl (C=O) groups excluding carboxylic acids is 1. The minimum atomic E-state index is -0.504. The number of imidazole rings is 1. The third-order valence-corrected chi connectivity index (χ3v) is 5.49. The van der Waals surface area contributed by atoms with Gasteiger partial charge in [-0.3, -0.25) is 5.10 Å². The Labute approximate surface area is 164 Å². The van der Waals surface area contributed by atoms with E-state index >= 15 is 0 Å². The molecule has 4 rings (SSSR count). The predicted octanol–water partition coefficient (Wildman–Crippen LogP) is 3.04. The molecule has 1 aliphatic heterocycles. The molecule has 0 saturated carbocycles. The first-order valence-corrected chi connectivity index (χ1v) is 9.50. The Morgan fingerprint density at radius 1 is 1.32 bits per heavy atom. The van der Waals surface area contributed by atoms with Crippen LogP contribution in [0.2, 0.25) is 0 Å². The quantitative estimate of drug-likeness (QED) is 0.658. The predicted molar refractivity (Wildman–Crippen MR) is 107 cm³/mol. The van der Waals surface area contributed by atoms with Crippen LogP contribution in [0.25, 0.3) is 16.7 Å². The summed E-state index contributed by atoms with van der Waals surface area (Å²) in [5.41, 5.74) is 2.69. The van der Waals surface area contributed by atoms with Crippen LogP contribution in [0.1, 0.15) is 46.1 Å². The number of hydrogen-bond acceptors (Lipinski definition) is 3. The number of benzene rings is 1.